The van der Waals surface area contributed by atoms with Gasteiger partial charge < -0.3 is 10.5 Å². The van der Waals surface area contributed by atoms with Crippen molar-refractivity contribution in [3.05, 3.63) is 36.0 Å². The Hall–Kier alpha value is -1.82. The van der Waals surface area contributed by atoms with Crippen molar-refractivity contribution >= 4 is 11.3 Å². The third-order valence-corrected chi connectivity index (χ3v) is 2.92. The van der Waals surface area contributed by atoms with Gasteiger partial charge >= 0.3 is 6.18 Å². The van der Waals surface area contributed by atoms with Gasteiger partial charge in [-0.25, -0.2) is 0 Å². The van der Waals surface area contributed by atoms with Crippen molar-refractivity contribution < 1.29 is 17.9 Å². The van der Waals surface area contributed by atoms with Gasteiger partial charge in [0.05, 0.1) is 7.11 Å². The van der Waals surface area contributed by atoms with Crippen LogP contribution in [-0.4, -0.2) is 25.0 Å². The van der Waals surface area contributed by atoms with Crippen molar-refractivity contribution in [3.63, 3.8) is 0 Å². The van der Waals surface area contributed by atoms with E-state index in [2.05, 4.69) is 4.99 Å². The Morgan fingerprint density at radius 2 is 1.89 bits per heavy atom. The fraction of sp³-hybridized carbons (Fsp3) is 0.308. The van der Waals surface area contributed by atoms with E-state index in [1.54, 1.807) is 31.4 Å². The van der Waals surface area contributed by atoms with Crippen LogP contribution in [0.15, 0.2) is 35.5 Å². The molecule has 0 saturated carbocycles. The fourth-order valence-corrected chi connectivity index (χ4v) is 1.88. The van der Waals surface area contributed by atoms with Crippen molar-refractivity contribution in [2.75, 3.05) is 7.11 Å². The molecule has 2 rings (SSSR count). The Morgan fingerprint density at radius 1 is 1.26 bits per heavy atom. The summed E-state index contributed by atoms with van der Waals surface area (Å²) in [7, 11) is 1.54. The molecular formula is C13H13F3N2O. The van der Waals surface area contributed by atoms with Gasteiger partial charge in [0.1, 0.15) is 11.5 Å². The molecule has 0 amide bonds. The second-order valence-electron chi connectivity index (χ2n) is 4.20. The minimum atomic E-state index is -4.42. The van der Waals surface area contributed by atoms with Crippen LogP contribution in [0.25, 0.3) is 5.57 Å². The van der Waals surface area contributed by atoms with Crippen LogP contribution in [0, 0.1) is 0 Å². The molecule has 1 aromatic carbocycles. The third-order valence-electron chi connectivity index (χ3n) is 2.92. The average Bonchev–Trinajstić information content (AvgIpc) is 2.38. The highest BCUT2D eigenvalue weighted by Gasteiger charge is 2.38. The van der Waals surface area contributed by atoms with E-state index in [1.807, 2.05) is 0 Å². The number of hydrogen-bond donors (Lipinski definition) is 1. The van der Waals surface area contributed by atoms with E-state index in [1.165, 1.54) is 6.20 Å². The van der Waals surface area contributed by atoms with Gasteiger partial charge in [-0.1, -0.05) is 12.1 Å². The van der Waals surface area contributed by atoms with Crippen LogP contribution in [0.5, 0.6) is 5.75 Å². The summed E-state index contributed by atoms with van der Waals surface area (Å²) in [5, 5.41) is 0. The number of methoxy groups -OCH3 is 1. The minimum absolute atomic E-state index is 0.304. The Bertz CT molecular complexity index is 518. The maximum Gasteiger partial charge on any atom is 0.429 e. The van der Waals surface area contributed by atoms with Crippen LogP contribution in [0.1, 0.15) is 12.0 Å². The van der Waals surface area contributed by atoms with Gasteiger partial charge in [-0.05, 0) is 23.3 Å². The van der Waals surface area contributed by atoms with Gasteiger partial charge in [-0.3, -0.25) is 4.99 Å². The molecule has 2 N–H and O–H groups in total. The van der Waals surface area contributed by atoms with E-state index in [9.17, 15) is 13.2 Å². The van der Waals surface area contributed by atoms with Crippen LogP contribution >= 0.6 is 0 Å². The summed E-state index contributed by atoms with van der Waals surface area (Å²) in [6.07, 6.45) is -3.53. The number of hydrogen-bond acceptors (Lipinski definition) is 3. The topological polar surface area (TPSA) is 47.6 Å². The number of alkyl halides is 3. The smallest absolute Gasteiger partial charge is 0.429 e. The van der Waals surface area contributed by atoms with Gasteiger partial charge in [-0.2, -0.15) is 13.2 Å². The monoisotopic (exact) mass is 270 g/mol. The maximum absolute atomic E-state index is 12.5. The van der Waals surface area contributed by atoms with E-state index in [4.69, 9.17) is 10.5 Å². The average molecular weight is 270 g/mol. The van der Waals surface area contributed by atoms with Crippen LogP contribution < -0.4 is 10.5 Å². The van der Waals surface area contributed by atoms with E-state index >= 15 is 0 Å². The molecule has 0 saturated heterocycles. The molecule has 0 bridgehead atoms. The highest BCUT2D eigenvalue weighted by Crippen LogP contribution is 2.29. The molecule has 6 heteroatoms. The zero-order valence-corrected chi connectivity index (χ0v) is 10.2. The number of rotatable bonds is 2. The maximum atomic E-state index is 12.5. The Kier molecular flexibility index (Phi) is 3.61. The number of ether oxygens (including phenoxy) is 1. The molecule has 1 aliphatic heterocycles. The Morgan fingerprint density at radius 3 is 2.37 bits per heavy atom. The van der Waals surface area contributed by atoms with Gasteiger partial charge in [0.15, 0.2) is 0 Å². The van der Waals surface area contributed by atoms with Gasteiger partial charge in [-0.15, -0.1) is 0 Å². The predicted molar refractivity (Wildman–Crippen MR) is 67.1 cm³/mol. The molecule has 1 aromatic rings. The standard InChI is InChI=1S/C13H13F3N2O/c1-19-9-4-2-8(3-5-9)10-7-18-12(6-11(10)17)13(14,15)16/h2-5,7,11H,6,17H2,1H3. The molecule has 1 atom stereocenters. The summed E-state index contributed by atoms with van der Waals surface area (Å²) in [6, 6.07) is 6.25. The first-order valence-corrected chi connectivity index (χ1v) is 5.65. The van der Waals surface area contributed by atoms with Gasteiger partial charge in [0, 0.05) is 18.7 Å². The quantitative estimate of drug-likeness (QED) is 0.898. The van der Waals surface area contributed by atoms with E-state index < -0.39 is 17.9 Å². The highest BCUT2D eigenvalue weighted by molar-refractivity contribution is 5.95. The van der Waals surface area contributed by atoms with E-state index in [0.717, 1.165) is 5.56 Å². The summed E-state index contributed by atoms with van der Waals surface area (Å²) in [5.41, 5.74) is 6.29. The summed E-state index contributed by atoms with van der Waals surface area (Å²) in [4.78, 5) is 3.47. The molecule has 0 aliphatic carbocycles. The summed E-state index contributed by atoms with van der Waals surface area (Å²) < 4.78 is 42.6. The van der Waals surface area contributed by atoms with Crippen LogP contribution in [-0.2, 0) is 0 Å². The summed E-state index contributed by atoms with van der Waals surface area (Å²) in [6.45, 7) is 0. The number of aliphatic imine (C=N–C) groups is 1. The molecule has 1 unspecified atom stereocenters. The normalized spacial score (nSPS) is 19.7. The van der Waals surface area contributed by atoms with Crippen molar-refractivity contribution in [1.29, 1.82) is 0 Å². The van der Waals surface area contributed by atoms with Gasteiger partial charge in [0.25, 0.3) is 0 Å². The van der Waals surface area contributed by atoms with Crippen LogP contribution in [0.3, 0.4) is 0 Å². The lowest BCUT2D eigenvalue weighted by molar-refractivity contribution is -0.0606. The van der Waals surface area contributed by atoms with Crippen molar-refractivity contribution in [2.24, 2.45) is 10.7 Å². The zero-order valence-electron chi connectivity index (χ0n) is 10.2. The molecule has 1 aliphatic rings. The van der Waals surface area contributed by atoms with Gasteiger partial charge in [0.2, 0.25) is 0 Å². The molecule has 0 fully saturated rings. The lowest BCUT2D eigenvalue weighted by Gasteiger charge is -2.22. The lowest BCUT2D eigenvalue weighted by Crippen LogP contribution is -2.34. The second-order valence-corrected chi connectivity index (χ2v) is 4.20. The fourth-order valence-electron chi connectivity index (χ4n) is 1.88. The first-order valence-electron chi connectivity index (χ1n) is 5.65. The second kappa shape index (κ2) is 5.05. The Labute approximate surface area is 108 Å². The molecule has 0 aromatic heterocycles. The first kappa shape index (κ1) is 13.6. The van der Waals surface area contributed by atoms with Crippen molar-refractivity contribution in [1.82, 2.24) is 0 Å². The molecule has 102 valence electrons. The molecule has 3 nitrogen and oxygen atoms in total. The number of benzene rings is 1. The highest BCUT2D eigenvalue weighted by atomic mass is 19.4. The summed E-state index contributed by atoms with van der Waals surface area (Å²) in [5.74, 6) is 0.674. The van der Waals surface area contributed by atoms with E-state index in [-0.39, 0.29) is 6.42 Å². The zero-order chi connectivity index (χ0) is 14.0. The third kappa shape index (κ3) is 2.96. The Balaban J connectivity index is 2.29. The first-order chi connectivity index (χ1) is 8.91. The lowest BCUT2D eigenvalue weighted by atomic mass is 9.94. The van der Waals surface area contributed by atoms with E-state index in [0.29, 0.717) is 11.3 Å². The molecule has 1 heterocycles. The van der Waals surface area contributed by atoms with Crippen molar-refractivity contribution in [3.8, 4) is 5.75 Å². The molecule has 19 heavy (non-hydrogen) atoms. The molecule has 0 spiro atoms. The largest absolute Gasteiger partial charge is 0.497 e. The number of halogens is 3. The SMILES string of the molecule is COc1ccc(C2=CN=C(C(F)(F)F)CC2N)cc1. The summed E-state index contributed by atoms with van der Waals surface area (Å²) >= 11 is 0. The molecular weight excluding hydrogens is 257 g/mol. The van der Waals surface area contributed by atoms with Crippen LogP contribution in [0.2, 0.25) is 0 Å². The van der Waals surface area contributed by atoms with Crippen molar-refractivity contribution in [2.45, 2.75) is 18.6 Å². The number of nitrogens with two attached hydrogens (primary N) is 1. The van der Waals surface area contributed by atoms with Crippen LogP contribution in [0.4, 0.5) is 13.2 Å². The predicted octanol–water partition coefficient (Wildman–Crippen LogP) is 2.77. The molecule has 0 radical (unpaired) electrons. The number of nitrogens with zero attached hydrogens (tertiary/aromatic N) is 1. The minimum Gasteiger partial charge on any atom is -0.497 e.